The number of ketones is 1. The summed E-state index contributed by atoms with van der Waals surface area (Å²) >= 11 is 0. The Labute approximate surface area is 391 Å². The summed E-state index contributed by atoms with van der Waals surface area (Å²) < 4.78 is 34.4. The highest BCUT2D eigenvalue weighted by atomic mass is 16.8. The molecule has 0 aromatic heterocycles. The van der Waals surface area contributed by atoms with Gasteiger partial charge in [0.05, 0.1) is 36.9 Å². The van der Waals surface area contributed by atoms with Gasteiger partial charge < -0.3 is 84.6 Å². The molecule has 8 aliphatic rings. The summed E-state index contributed by atoms with van der Waals surface area (Å²) in [5.41, 5.74) is -2.88. The minimum Gasteiger partial charge on any atom is -0.432 e. The minimum absolute atomic E-state index is 0.137. The van der Waals surface area contributed by atoms with E-state index in [9.17, 15) is 65.8 Å². The van der Waals surface area contributed by atoms with Gasteiger partial charge in [0.15, 0.2) is 12.6 Å². The lowest BCUT2D eigenvalue weighted by atomic mass is 9.33. The van der Waals surface area contributed by atoms with E-state index in [0.717, 1.165) is 24.8 Å². The van der Waals surface area contributed by atoms with E-state index >= 15 is 0 Å². The number of aliphatic hydroxyl groups is 11. The topological polar surface area (TPSA) is 312 Å². The Morgan fingerprint density at radius 3 is 2.01 bits per heavy atom. The summed E-state index contributed by atoms with van der Waals surface area (Å²) in [6.45, 7) is 14.7. The number of esters is 1. The Kier molecular flexibility index (Phi) is 13.7. The number of Topliss-reactive ketones (excluding diaryl/α,β-unsaturated/α-hetero) is 1. The summed E-state index contributed by atoms with van der Waals surface area (Å²) in [7, 11) is 0. The highest BCUT2D eigenvalue weighted by Crippen LogP contribution is 2.75. The molecule has 4 saturated carbocycles. The number of ether oxygens (including phenoxy) is 6. The normalized spacial score (nSPS) is 53.8. The van der Waals surface area contributed by atoms with Crippen LogP contribution in [0.1, 0.15) is 107 Å². The SMILES string of the molecule is C[C@@H]1O[C@@H](O[C@H]2[C@H](O)[C@@H](O)[C@H](OC[C@H]3O[C@@H](OC(=O)[C@@]45CC[C@]6(C)C(=C[C@@H](O)[C@@H]7[C@]8(C)CC[C@@H](O)C(C)(C)[C@H]8CC[C@]76C)[C@H]4CC(C)(C)C(=O)C5)[C@H](O)[C@@H](O)[C@@H]3O)O[C@@H]2CO)[C@H](O)[C@H](O)[C@H]1O. The number of carbonyl (C=O) groups excluding carboxylic acids is 2. The van der Waals surface area contributed by atoms with Crippen molar-refractivity contribution in [3.63, 3.8) is 0 Å². The molecule has 0 aromatic rings. The maximum Gasteiger partial charge on any atom is 0.315 e. The van der Waals surface area contributed by atoms with Gasteiger partial charge in [0, 0.05) is 17.8 Å². The van der Waals surface area contributed by atoms with E-state index in [-0.39, 0.29) is 47.7 Å². The molecule has 382 valence electrons. The van der Waals surface area contributed by atoms with Crippen molar-refractivity contribution in [3.8, 4) is 0 Å². The van der Waals surface area contributed by atoms with Crippen LogP contribution in [0.4, 0.5) is 0 Å². The van der Waals surface area contributed by atoms with Crippen LogP contribution in [0.2, 0.25) is 0 Å². The Morgan fingerprint density at radius 2 is 1.34 bits per heavy atom. The standard InChI is InChI=1S/C48H76O19/c1-20-29(53)31(55)34(58)40(63-20)66-37-24(18-49)64-39(36(60)33(37)57)62-19-25-30(54)32(56)35(59)41(65-25)67-42(61)48-14-13-46(7)21(22(48)16-43(2,3)28(52)17-48)15-23(50)38-45(6)11-10-27(51)44(4,5)26(45)9-12-47(38,46)8/h15,20,22-27,29-41,49-51,53-60H,9-14,16-19H2,1-8H3/t20-,22+,23+,24+,25+,26+,27+,29-,30+,31+,32-,33+,34+,35+,36+,37+,38+,39+,40-,41-,45+,46+,47+,48+/m0/s1. The van der Waals surface area contributed by atoms with Gasteiger partial charge in [0.1, 0.15) is 72.9 Å². The molecule has 0 aromatic carbocycles. The van der Waals surface area contributed by atoms with Crippen LogP contribution in [0, 0.1) is 50.2 Å². The summed E-state index contributed by atoms with van der Waals surface area (Å²) in [6, 6.07) is 0. The van der Waals surface area contributed by atoms with Gasteiger partial charge in [-0.05, 0) is 85.4 Å². The van der Waals surface area contributed by atoms with E-state index < -0.39 is 151 Å². The predicted molar refractivity (Wildman–Crippen MR) is 231 cm³/mol. The van der Waals surface area contributed by atoms with Crippen LogP contribution in [0.15, 0.2) is 11.6 Å². The number of fused-ring (bicyclic) bond motifs is 7. The zero-order chi connectivity index (χ0) is 49.3. The van der Waals surface area contributed by atoms with Gasteiger partial charge in [-0.25, -0.2) is 0 Å². The summed E-state index contributed by atoms with van der Waals surface area (Å²) in [6.07, 6.45) is -20.5. The lowest BCUT2D eigenvalue weighted by Crippen LogP contribution is -2.68. The fraction of sp³-hybridized carbons (Fsp3) is 0.917. The van der Waals surface area contributed by atoms with Crippen molar-refractivity contribution < 1.29 is 94.2 Å². The van der Waals surface area contributed by atoms with Crippen LogP contribution >= 0.6 is 0 Å². The van der Waals surface area contributed by atoms with Crippen molar-refractivity contribution in [2.75, 3.05) is 13.2 Å². The van der Waals surface area contributed by atoms with E-state index in [1.807, 2.05) is 19.9 Å². The third kappa shape index (κ3) is 7.92. The van der Waals surface area contributed by atoms with Crippen LogP contribution < -0.4 is 0 Å². The van der Waals surface area contributed by atoms with Crippen LogP contribution in [0.25, 0.3) is 0 Å². The lowest BCUT2D eigenvalue weighted by Gasteiger charge is -2.71. The van der Waals surface area contributed by atoms with Crippen LogP contribution in [-0.4, -0.2) is 185 Å². The van der Waals surface area contributed by atoms with Gasteiger partial charge >= 0.3 is 5.97 Å². The van der Waals surface area contributed by atoms with Gasteiger partial charge in [0.25, 0.3) is 0 Å². The maximum absolute atomic E-state index is 15.0. The number of carbonyl (C=O) groups is 2. The predicted octanol–water partition coefficient (Wildman–Crippen LogP) is -0.682. The molecule has 0 spiro atoms. The number of aliphatic hydroxyl groups excluding tert-OH is 11. The minimum atomic E-state index is -1.95. The Hall–Kier alpha value is -1.76. The lowest BCUT2D eigenvalue weighted by molar-refractivity contribution is -0.361. The monoisotopic (exact) mass is 956 g/mol. The van der Waals surface area contributed by atoms with Crippen molar-refractivity contribution in [2.24, 2.45) is 50.2 Å². The molecule has 5 aliphatic carbocycles. The third-order valence-corrected chi connectivity index (χ3v) is 19.2. The molecule has 0 amide bonds. The first-order valence-corrected chi connectivity index (χ1v) is 24.2. The number of hydrogen-bond donors (Lipinski definition) is 11. The van der Waals surface area contributed by atoms with E-state index in [0.29, 0.717) is 12.8 Å². The molecule has 24 atom stereocenters. The first-order chi connectivity index (χ1) is 31.1. The molecular formula is C48H76O19. The van der Waals surface area contributed by atoms with Crippen LogP contribution in [-0.2, 0) is 38.0 Å². The number of hydrogen-bond acceptors (Lipinski definition) is 19. The van der Waals surface area contributed by atoms with Gasteiger partial charge in [0.2, 0.25) is 6.29 Å². The quantitative estimate of drug-likeness (QED) is 0.106. The second kappa shape index (κ2) is 17.8. The molecule has 3 aliphatic heterocycles. The molecule has 11 N–H and O–H groups in total. The van der Waals surface area contributed by atoms with Gasteiger partial charge in [-0.15, -0.1) is 0 Å². The summed E-state index contributed by atoms with van der Waals surface area (Å²) in [4.78, 5) is 29.0. The van der Waals surface area contributed by atoms with Crippen molar-refractivity contribution >= 4 is 11.8 Å². The second-order valence-corrected chi connectivity index (χ2v) is 23.5. The zero-order valence-corrected chi connectivity index (χ0v) is 39.9. The van der Waals surface area contributed by atoms with Gasteiger partial charge in [-0.1, -0.05) is 60.1 Å². The maximum atomic E-state index is 15.0. The van der Waals surface area contributed by atoms with Crippen LogP contribution in [0.3, 0.4) is 0 Å². The Balaban J connectivity index is 1.00. The molecule has 0 bridgehead atoms. The zero-order valence-electron chi connectivity index (χ0n) is 39.9. The Bertz CT molecular complexity index is 1890. The smallest absolute Gasteiger partial charge is 0.315 e. The average Bonchev–Trinajstić information content (AvgIpc) is 3.26. The molecule has 3 saturated heterocycles. The molecule has 8 rings (SSSR count). The van der Waals surface area contributed by atoms with Crippen molar-refractivity contribution in [1.29, 1.82) is 0 Å². The first-order valence-electron chi connectivity index (χ1n) is 24.2. The summed E-state index contributed by atoms with van der Waals surface area (Å²) in [5.74, 6) is -1.51. The molecule has 3 heterocycles. The van der Waals surface area contributed by atoms with E-state index in [1.54, 1.807) is 0 Å². The van der Waals surface area contributed by atoms with Crippen LogP contribution in [0.5, 0.6) is 0 Å². The van der Waals surface area contributed by atoms with Crippen molar-refractivity contribution in [2.45, 2.75) is 211 Å². The van der Waals surface area contributed by atoms with Gasteiger partial charge in [-0.3, -0.25) is 9.59 Å². The summed E-state index contributed by atoms with van der Waals surface area (Å²) in [5, 5.41) is 120. The van der Waals surface area contributed by atoms with Crippen molar-refractivity contribution in [3.05, 3.63) is 11.6 Å². The number of rotatable bonds is 8. The fourth-order valence-corrected chi connectivity index (χ4v) is 14.7. The third-order valence-electron chi connectivity index (χ3n) is 19.2. The van der Waals surface area contributed by atoms with E-state index in [4.69, 9.17) is 28.4 Å². The Morgan fingerprint density at radius 1 is 0.716 bits per heavy atom. The molecule has 19 nitrogen and oxygen atoms in total. The molecular weight excluding hydrogens is 881 g/mol. The number of allylic oxidation sites excluding steroid dienone is 1. The highest BCUT2D eigenvalue weighted by molar-refractivity contribution is 5.92. The largest absolute Gasteiger partial charge is 0.432 e. The molecule has 7 fully saturated rings. The second-order valence-electron chi connectivity index (χ2n) is 23.5. The van der Waals surface area contributed by atoms with E-state index in [2.05, 4.69) is 34.6 Å². The van der Waals surface area contributed by atoms with Crippen molar-refractivity contribution in [1.82, 2.24) is 0 Å². The molecule has 0 radical (unpaired) electrons. The highest BCUT2D eigenvalue weighted by Gasteiger charge is 2.72. The molecule has 0 unspecified atom stereocenters. The van der Waals surface area contributed by atoms with Gasteiger partial charge in [-0.2, -0.15) is 0 Å². The fourth-order valence-electron chi connectivity index (χ4n) is 14.7. The molecule has 19 heteroatoms. The molecule has 67 heavy (non-hydrogen) atoms. The van der Waals surface area contributed by atoms with E-state index in [1.165, 1.54) is 6.92 Å². The average molecular weight is 957 g/mol. The first kappa shape index (κ1) is 51.6.